The molecule has 13 heavy (non-hydrogen) atoms. The molecule has 0 aromatic heterocycles. The van der Waals surface area contributed by atoms with Gasteiger partial charge in [-0.05, 0) is 12.0 Å². The minimum Gasteiger partial charge on any atom is -0.391 e. The zero-order chi connectivity index (χ0) is 9.52. The SMILES string of the molecule is CC[C@@H](O)CN=Cc1ccccc1. The highest BCUT2D eigenvalue weighted by Gasteiger charge is 1.95. The maximum absolute atomic E-state index is 9.22. The van der Waals surface area contributed by atoms with Crippen LogP contribution in [0, 0.1) is 0 Å². The third kappa shape index (κ3) is 3.85. The molecular weight excluding hydrogens is 162 g/mol. The third-order valence-corrected chi connectivity index (χ3v) is 1.83. The maximum Gasteiger partial charge on any atom is 0.0732 e. The van der Waals surface area contributed by atoms with E-state index in [2.05, 4.69) is 4.99 Å². The topological polar surface area (TPSA) is 32.6 Å². The van der Waals surface area contributed by atoms with Crippen LogP contribution in [0.4, 0.5) is 0 Å². The molecule has 0 amide bonds. The van der Waals surface area contributed by atoms with Crippen molar-refractivity contribution < 1.29 is 5.11 Å². The summed E-state index contributed by atoms with van der Waals surface area (Å²) in [5, 5.41) is 9.22. The standard InChI is InChI=1S/C11H15NO/c1-2-11(13)9-12-8-10-6-4-3-5-7-10/h3-8,11,13H,2,9H2,1H3/t11-/m1/s1. The van der Waals surface area contributed by atoms with Crippen molar-refractivity contribution in [2.24, 2.45) is 4.99 Å². The van der Waals surface area contributed by atoms with Crippen molar-refractivity contribution in [1.82, 2.24) is 0 Å². The minimum absolute atomic E-state index is 0.306. The van der Waals surface area contributed by atoms with Crippen LogP contribution in [0.25, 0.3) is 0 Å². The summed E-state index contributed by atoms with van der Waals surface area (Å²) in [5.74, 6) is 0. The summed E-state index contributed by atoms with van der Waals surface area (Å²) >= 11 is 0. The van der Waals surface area contributed by atoms with Crippen molar-refractivity contribution in [3.05, 3.63) is 35.9 Å². The highest BCUT2D eigenvalue weighted by atomic mass is 16.3. The fraction of sp³-hybridized carbons (Fsp3) is 0.364. The van der Waals surface area contributed by atoms with Crippen LogP contribution in [0.15, 0.2) is 35.3 Å². The van der Waals surface area contributed by atoms with Gasteiger partial charge in [-0.2, -0.15) is 0 Å². The van der Waals surface area contributed by atoms with Gasteiger partial charge >= 0.3 is 0 Å². The van der Waals surface area contributed by atoms with Crippen molar-refractivity contribution in [3.63, 3.8) is 0 Å². The van der Waals surface area contributed by atoms with Crippen LogP contribution in [0.5, 0.6) is 0 Å². The molecule has 2 nitrogen and oxygen atoms in total. The quantitative estimate of drug-likeness (QED) is 0.700. The lowest BCUT2D eigenvalue weighted by Crippen LogP contribution is -2.08. The average Bonchev–Trinajstić information content (AvgIpc) is 2.19. The van der Waals surface area contributed by atoms with Gasteiger partial charge in [-0.3, -0.25) is 4.99 Å². The molecule has 1 atom stereocenters. The van der Waals surface area contributed by atoms with Gasteiger partial charge in [-0.1, -0.05) is 37.3 Å². The Morgan fingerprint density at radius 3 is 2.69 bits per heavy atom. The van der Waals surface area contributed by atoms with Gasteiger partial charge in [0.2, 0.25) is 0 Å². The van der Waals surface area contributed by atoms with Crippen molar-refractivity contribution in [2.45, 2.75) is 19.4 Å². The Hall–Kier alpha value is -1.15. The first-order valence-electron chi connectivity index (χ1n) is 4.56. The largest absolute Gasteiger partial charge is 0.391 e. The summed E-state index contributed by atoms with van der Waals surface area (Å²) in [7, 11) is 0. The molecule has 0 fully saturated rings. The first kappa shape index (κ1) is 9.93. The van der Waals surface area contributed by atoms with E-state index in [0.29, 0.717) is 6.54 Å². The van der Waals surface area contributed by atoms with Crippen molar-refractivity contribution in [1.29, 1.82) is 0 Å². The lowest BCUT2D eigenvalue weighted by molar-refractivity contribution is 0.179. The van der Waals surface area contributed by atoms with E-state index in [0.717, 1.165) is 12.0 Å². The van der Waals surface area contributed by atoms with E-state index >= 15 is 0 Å². The number of aliphatic hydroxyl groups excluding tert-OH is 1. The first-order valence-corrected chi connectivity index (χ1v) is 4.56. The monoisotopic (exact) mass is 177 g/mol. The molecule has 0 radical (unpaired) electrons. The number of hydrogen-bond acceptors (Lipinski definition) is 2. The molecule has 70 valence electrons. The van der Waals surface area contributed by atoms with Gasteiger partial charge in [-0.15, -0.1) is 0 Å². The van der Waals surface area contributed by atoms with Crippen LogP contribution in [0.1, 0.15) is 18.9 Å². The normalized spacial score (nSPS) is 13.4. The van der Waals surface area contributed by atoms with E-state index in [4.69, 9.17) is 0 Å². The predicted molar refractivity (Wildman–Crippen MR) is 55.2 cm³/mol. The van der Waals surface area contributed by atoms with E-state index in [1.165, 1.54) is 0 Å². The van der Waals surface area contributed by atoms with Gasteiger partial charge in [0.05, 0.1) is 12.6 Å². The summed E-state index contributed by atoms with van der Waals surface area (Å²) in [6.07, 6.45) is 2.24. The molecule has 1 N–H and O–H groups in total. The van der Waals surface area contributed by atoms with E-state index in [9.17, 15) is 5.11 Å². The van der Waals surface area contributed by atoms with Gasteiger partial charge in [-0.25, -0.2) is 0 Å². The van der Waals surface area contributed by atoms with Crippen LogP contribution in [0.2, 0.25) is 0 Å². The van der Waals surface area contributed by atoms with Crippen molar-refractivity contribution in [3.8, 4) is 0 Å². The number of aliphatic imine (C=N–C) groups is 1. The molecule has 0 heterocycles. The maximum atomic E-state index is 9.22. The van der Waals surface area contributed by atoms with Crippen molar-refractivity contribution >= 4 is 6.21 Å². The molecule has 0 aliphatic heterocycles. The average molecular weight is 177 g/mol. The zero-order valence-corrected chi connectivity index (χ0v) is 7.85. The van der Waals surface area contributed by atoms with E-state index < -0.39 is 0 Å². The smallest absolute Gasteiger partial charge is 0.0732 e. The summed E-state index contributed by atoms with van der Waals surface area (Å²) in [6.45, 7) is 2.44. The number of aliphatic hydroxyl groups is 1. The highest BCUT2D eigenvalue weighted by Crippen LogP contribution is 1.95. The van der Waals surface area contributed by atoms with Gasteiger partial charge in [0, 0.05) is 6.21 Å². The summed E-state index contributed by atoms with van der Waals surface area (Å²) in [6, 6.07) is 9.89. The second-order valence-corrected chi connectivity index (χ2v) is 2.97. The molecule has 0 saturated heterocycles. The minimum atomic E-state index is -0.306. The fourth-order valence-corrected chi connectivity index (χ4v) is 0.948. The highest BCUT2D eigenvalue weighted by molar-refractivity contribution is 5.79. The van der Waals surface area contributed by atoms with Crippen LogP contribution < -0.4 is 0 Å². The lowest BCUT2D eigenvalue weighted by Gasteiger charge is -2.01. The number of nitrogens with zero attached hydrogens (tertiary/aromatic N) is 1. The Balaban J connectivity index is 2.41. The van der Waals surface area contributed by atoms with E-state index in [1.54, 1.807) is 6.21 Å². The fourth-order valence-electron chi connectivity index (χ4n) is 0.948. The third-order valence-electron chi connectivity index (χ3n) is 1.83. The molecule has 1 aromatic carbocycles. The summed E-state index contributed by atoms with van der Waals surface area (Å²) in [5.41, 5.74) is 1.07. The number of hydrogen-bond donors (Lipinski definition) is 1. The Labute approximate surface area is 78.9 Å². The van der Waals surface area contributed by atoms with E-state index in [-0.39, 0.29) is 6.10 Å². The molecule has 0 unspecified atom stereocenters. The lowest BCUT2D eigenvalue weighted by atomic mass is 10.2. The van der Waals surface area contributed by atoms with Crippen molar-refractivity contribution in [2.75, 3.05) is 6.54 Å². The molecule has 0 bridgehead atoms. The molecule has 0 aliphatic rings. The molecule has 1 aromatic rings. The second-order valence-electron chi connectivity index (χ2n) is 2.97. The Bertz CT molecular complexity index is 256. The van der Waals surface area contributed by atoms with Crippen LogP contribution >= 0.6 is 0 Å². The Kier molecular flexibility index (Phi) is 4.19. The molecule has 2 heteroatoms. The van der Waals surface area contributed by atoms with Crippen LogP contribution in [0.3, 0.4) is 0 Å². The molecule has 0 saturated carbocycles. The predicted octanol–water partition coefficient (Wildman–Crippen LogP) is 1.88. The van der Waals surface area contributed by atoms with Crippen LogP contribution in [-0.4, -0.2) is 24.0 Å². The number of benzene rings is 1. The van der Waals surface area contributed by atoms with Gasteiger partial charge in [0.1, 0.15) is 0 Å². The first-order chi connectivity index (χ1) is 6.33. The molecule has 0 aliphatic carbocycles. The Morgan fingerprint density at radius 1 is 1.38 bits per heavy atom. The Morgan fingerprint density at radius 2 is 2.08 bits per heavy atom. The molecule has 1 rings (SSSR count). The van der Waals surface area contributed by atoms with Crippen LogP contribution in [-0.2, 0) is 0 Å². The zero-order valence-electron chi connectivity index (χ0n) is 7.85. The van der Waals surface area contributed by atoms with Gasteiger partial charge < -0.3 is 5.11 Å². The molecule has 0 spiro atoms. The molecular formula is C11H15NO. The van der Waals surface area contributed by atoms with Gasteiger partial charge in [0.25, 0.3) is 0 Å². The number of rotatable bonds is 4. The van der Waals surface area contributed by atoms with E-state index in [1.807, 2.05) is 37.3 Å². The summed E-state index contributed by atoms with van der Waals surface area (Å²) < 4.78 is 0. The van der Waals surface area contributed by atoms with Gasteiger partial charge in [0.15, 0.2) is 0 Å². The summed E-state index contributed by atoms with van der Waals surface area (Å²) in [4.78, 5) is 4.14. The second kappa shape index (κ2) is 5.49.